The van der Waals surface area contributed by atoms with Crippen molar-refractivity contribution in [2.24, 2.45) is 0 Å². The van der Waals surface area contributed by atoms with Crippen LogP contribution in [0.25, 0.3) is 11.6 Å². The van der Waals surface area contributed by atoms with Crippen LogP contribution in [0.15, 0.2) is 22.8 Å². The topological polar surface area (TPSA) is 107 Å². The van der Waals surface area contributed by atoms with Crippen molar-refractivity contribution in [2.45, 2.75) is 39.2 Å². The van der Waals surface area contributed by atoms with Gasteiger partial charge in [-0.25, -0.2) is 18.1 Å². The van der Waals surface area contributed by atoms with Gasteiger partial charge in [-0.1, -0.05) is 0 Å². The SMILES string of the molecule is Cc1[nH]nc(CCc2nc(-c3ccco3)nn2C2CCS(=O)(=O)C2)c1C. The highest BCUT2D eigenvalue weighted by Crippen LogP contribution is 2.27. The van der Waals surface area contributed by atoms with Gasteiger partial charge in [-0.3, -0.25) is 5.10 Å². The minimum Gasteiger partial charge on any atom is -0.461 e. The van der Waals surface area contributed by atoms with E-state index in [2.05, 4.69) is 20.3 Å². The van der Waals surface area contributed by atoms with E-state index in [1.54, 1.807) is 23.1 Å². The Morgan fingerprint density at radius 3 is 2.81 bits per heavy atom. The van der Waals surface area contributed by atoms with Crippen LogP contribution in [0.3, 0.4) is 0 Å². The highest BCUT2D eigenvalue weighted by molar-refractivity contribution is 7.91. The van der Waals surface area contributed by atoms with Gasteiger partial charge in [0.1, 0.15) is 5.82 Å². The predicted molar refractivity (Wildman–Crippen MR) is 95.5 cm³/mol. The Balaban J connectivity index is 1.64. The van der Waals surface area contributed by atoms with Gasteiger partial charge in [-0.2, -0.15) is 5.10 Å². The summed E-state index contributed by atoms with van der Waals surface area (Å²) in [5.74, 6) is 2.15. The highest BCUT2D eigenvalue weighted by Gasteiger charge is 2.32. The largest absolute Gasteiger partial charge is 0.461 e. The van der Waals surface area contributed by atoms with Crippen LogP contribution in [-0.4, -0.2) is 44.9 Å². The second-order valence-electron chi connectivity index (χ2n) is 6.75. The summed E-state index contributed by atoms with van der Waals surface area (Å²) < 4.78 is 31.0. The molecule has 4 heterocycles. The molecule has 0 bridgehead atoms. The van der Waals surface area contributed by atoms with Crippen molar-refractivity contribution >= 4 is 9.84 Å². The lowest BCUT2D eigenvalue weighted by molar-refractivity contribution is 0.475. The lowest BCUT2D eigenvalue weighted by Crippen LogP contribution is -2.16. The standard InChI is InChI=1S/C17H21N5O3S/c1-11-12(2)19-20-14(11)5-6-16-18-17(15-4-3-8-25-15)21-22(16)13-7-9-26(23,24)10-13/h3-4,8,13H,5-7,9-10H2,1-2H3,(H,19,20). The number of aromatic amines is 1. The minimum absolute atomic E-state index is 0.113. The Kier molecular flexibility index (Phi) is 4.18. The molecule has 0 aliphatic carbocycles. The van der Waals surface area contributed by atoms with E-state index >= 15 is 0 Å². The monoisotopic (exact) mass is 375 g/mol. The third kappa shape index (κ3) is 3.18. The molecule has 138 valence electrons. The first kappa shape index (κ1) is 17.0. The molecule has 8 nitrogen and oxygen atoms in total. The van der Waals surface area contributed by atoms with E-state index in [-0.39, 0.29) is 17.5 Å². The lowest BCUT2D eigenvalue weighted by atomic mass is 10.1. The lowest BCUT2D eigenvalue weighted by Gasteiger charge is -2.11. The number of nitrogens with one attached hydrogen (secondary N) is 1. The molecule has 1 N–H and O–H groups in total. The number of hydrogen-bond donors (Lipinski definition) is 1. The number of aryl methyl sites for hydroxylation is 3. The maximum Gasteiger partial charge on any atom is 0.217 e. The van der Waals surface area contributed by atoms with E-state index in [4.69, 9.17) is 4.42 Å². The van der Waals surface area contributed by atoms with Crippen LogP contribution < -0.4 is 0 Å². The molecular weight excluding hydrogens is 354 g/mol. The van der Waals surface area contributed by atoms with Gasteiger partial charge in [0.05, 0.1) is 29.5 Å². The fourth-order valence-corrected chi connectivity index (χ4v) is 5.00. The van der Waals surface area contributed by atoms with Crippen molar-refractivity contribution in [3.8, 4) is 11.6 Å². The molecule has 0 amide bonds. The minimum atomic E-state index is -3.00. The third-order valence-electron chi connectivity index (χ3n) is 4.94. The number of furan rings is 1. The molecule has 1 unspecified atom stereocenters. The van der Waals surface area contributed by atoms with Crippen LogP contribution in [0.1, 0.15) is 35.2 Å². The van der Waals surface area contributed by atoms with Gasteiger partial charge in [0.15, 0.2) is 15.6 Å². The molecule has 3 aromatic heterocycles. The molecule has 1 atom stereocenters. The zero-order valence-electron chi connectivity index (χ0n) is 14.8. The Hall–Kier alpha value is -2.42. The molecule has 1 fully saturated rings. The molecule has 0 spiro atoms. The first-order chi connectivity index (χ1) is 12.4. The van der Waals surface area contributed by atoms with Crippen molar-refractivity contribution in [2.75, 3.05) is 11.5 Å². The Morgan fingerprint density at radius 2 is 2.19 bits per heavy atom. The van der Waals surface area contributed by atoms with E-state index in [9.17, 15) is 8.42 Å². The maximum absolute atomic E-state index is 11.9. The van der Waals surface area contributed by atoms with Gasteiger partial charge < -0.3 is 4.42 Å². The maximum atomic E-state index is 11.9. The fraction of sp³-hybridized carbons (Fsp3) is 0.471. The molecule has 0 saturated carbocycles. The van der Waals surface area contributed by atoms with Gasteiger partial charge in [0.2, 0.25) is 5.82 Å². The van der Waals surface area contributed by atoms with Gasteiger partial charge >= 0.3 is 0 Å². The molecule has 4 rings (SSSR count). The molecule has 0 aromatic carbocycles. The number of rotatable bonds is 5. The van der Waals surface area contributed by atoms with E-state index < -0.39 is 9.84 Å². The van der Waals surface area contributed by atoms with Crippen molar-refractivity contribution in [3.05, 3.63) is 41.2 Å². The van der Waals surface area contributed by atoms with Crippen molar-refractivity contribution < 1.29 is 12.8 Å². The average Bonchev–Trinajstić information content (AvgIpc) is 3.35. The van der Waals surface area contributed by atoms with Gasteiger partial charge in [-0.15, -0.1) is 5.10 Å². The predicted octanol–water partition coefficient (Wildman–Crippen LogP) is 2.02. The zero-order valence-corrected chi connectivity index (χ0v) is 15.6. The first-order valence-electron chi connectivity index (χ1n) is 8.63. The van der Waals surface area contributed by atoms with E-state index in [1.165, 1.54) is 0 Å². The van der Waals surface area contributed by atoms with Crippen molar-refractivity contribution in [3.63, 3.8) is 0 Å². The third-order valence-corrected chi connectivity index (χ3v) is 6.69. The number of H-pyrrole nitrogens is 1. The molecular formula is C17H21N5O3S. The number of nitrogens with zero attached hydrogens (tertiary/aromatic N) is 4. The number of aromatic nitrogens is 5. The second kappa shape index (κ2) is 6.39. The summed E-state index contributed by atoms with van der Waals surface area (Å²) in [6, 6.07) is 3.41. The fourth-order valence-electron chi connectivity index (χ4n) is 3.31. The average molecular weight is 375 g/mol. The highest BCUT2D eigenvalue weighted by atomic mass is 32.2. The summed E-state index contributed by atoms with van der Waals surface area (Å²) in [5.41, 5.74) is 3.20. The molecule has 26 heavy (non-hydrogen) atoms. The van der Waals surface area contributed by atoms with Gasteiger partial charge in [0.25, 0.3) is 0 Å². The van der Waals surface area contributed by atoms with Crippen LogP contribution in [0.2, 0.25) is 0 Å². The molecule has 1 saturated heterocycles. The summed E-state index contributed by atoms with van der Waals surface area (Å²) >= 11 is 0. The van der Waals surface area contributed by atoms with Crippen LogP contribution in [0.4, 0.5) is 0 Å². The zero-order chi connectivity index (χ0) is 18.3. The smallest absolute Gasteiger partial charge is 0.217 e. The van der Waals surface area contributed by atoms with Crippen LogP contribution in [0, 0.1) is 13.8 Å². The van der Waals surface area contributed by atoms with Gasteiger partial charge in [-0.05, 0) is 44.4 Å². The first-order valence-corrected chi connectivity index (χ1v) is 10.5. The summed E-state index contributed by atoms with van der Waals surface area (Å²) in [5, 5.41) is 11.9. The number of sulfone groups is 1. The Labute approximate surface area is 151 Å². The molecule has 0 radical (unpaired) electrons. The van der Waals surface area contributed by atoms with E-state index in [1.807, 2.05) is 13.8 Å². The van der Waals surface area contributed by atoms with E-state index in [0.29, 0.717) is 30.8 Å². The molecule has 1 aliphatic heterocycles. The second-order valence-corrected chi connectivity index (χ2v) is 8.98. The van der Waals surface area contributed by atoms with Gasteiger partial charge in [0, 0.05) is 12.1 Å². The van der Waals surface area contributed by atoms with Crippen molar-refractivity contribution in [1.29, 1.82) is 0 Å². The molecule has 1 aliphatic rings. The summed E-state index contributed by atoms with van der Waals surface area (Å²) in [6.45, 7) is 4.03. The van der Waals surface area contributed by atoms with Crippen LogP contribution >= 0.6 is 0 Å². The quantitative estimate of drug-likeness (QED) is 0.731. The molecule has 3 aromatic rings. The van der Waals surface area contributed by atoms with E-state index in [0.717, 1.165) is 22.8 Å². The Bertz CT molecular complexity index is 1020. The van der Waals surface area contributed by atoms with Crippen LogP contribution in [-0.2, 0) is 22.7 Å². The summed E-state index contributed by atoms with van der Waals surface area (Å²) in [7, 11) is -3.00. The van der Waals surface area contributed by atoms with Crippen LogP contribution in [0.5, 0.6) is 0 Å². The Morgan fingerprint density at radius 1 is 1.35 bits per heavy atom. The summed E-state index contributed by atoms with van der Waals surface area (Å²) in [4.78, 5) is 4.62. The molecule has 9 heteroatoms. The summed E-state index contributed by atoms with van der Waals surface area (Å²) in [6.07, 6.45) is 3.49. The normalized spacial score (nSPS) is 19.2. The number of hydrogen-bond acceptors (Lipinski definition) is 6. The van der Waals surface area contributed by atoms with Crippen molar-refractivity contribution in [1.82, 2.24) is 25.0 Å².